The second kappa shape index (κ2) is 6.75. The Morgan fingerprint density at radius 2 is 2.00 bits per heavy atom. The lowest BCUT2D eigenvalue weighted by molar-refractivity contribution is 0.425. The van der Waals surface area contributed by atoms with Gasteiger partial charge in [-0.3, -0.25) is 0 Å². The molecule has 0 spiro atoms. The van der Waals surface area contributed by atoms with Gasteiger partial charge in [-0.25, -0.2) is 14.6 Å². The number of benzene rings is 1. The van der Waals surface area contributed by atoms with Gasteiger partial charge in [0.25, 0.3) is 5.89 Å². The summed E-state index contributed by atoms with van der Waals surface area (Å²) in [7, 11) is 0. The average Bonchev–Trinajstić information content (AvgIpc) is 3.34. The molecule has 3 aromatic heterocycles. The zero-order valence-electron chi connectivity index (χ0n) is 14.4. The smallest absolute Gasteiger partial charge is 0.258 e. The summed E-state index contributed by atoms with van der Waals surface area (Å²) in [5.41, 5.74) is 2.93. The predicted octanol–water partition coefficient (Wildman–Crippen LogP) is 3.19. The summed E-state index contributed by atoms with van der Waals surface area (Å²) in [6, 6.07) is 11.9. The first-order valence-electron chi connectivity index (χ1n) is 8.17. The number of rotatable bonds is 5. The fraction of sp³-hybridized carbons (Fsp3) is 0.167. The molecule has 0 radical (unpaired) electrons. The van der Waals surface area contributed by atoms with Gasteiger partial charge in [0.05, 0.1) is 5.69 Å². The molecule has 26 heavy (non-hydrogen) atoms. The third-order valence-corrected chi connectivity index (χ3v) is 3.98. The number of aromatic nitrogens is 6. The third kappa shape index (κ3) is 3.30. The Hall–Kier alpha value is -3.55. The van der Waals surface area contributed by atoms with Crippen molar-refractivity contribution in [2.24, 2.45) is 0 Å². The molecule has 0 saturated heterocycles. The highest BCUT2D eigenvalue weighted by atomic mass is 16.5. The van der Waals surface area contributed by atoms with Crippen molar-refractivity contribution >= 4 is 5.82 Å². The Balaban J connectivity index is 1.50. The van der Waals surface area contributed by atoms with E-state index in [4.69, 9.17) is 4.52 Å². The van der Waals surface area contributed by atoms with E-state index in [-0.39, 0.29) is 6.04 Å². The van der Waals surface area contributed by atoms with E-state index in [1.165, 1.54) is 6.33 Å². The van der Waals surface area contributed by atoms with Crippen LogP contribution in [0.2, 0.25) is 0 Å². The van der Waals surface area contributed by atoms with E-state index in [0.717, 1.165) is 22.6 Å². The van der Waals surface area contributed by atoms with Crippen molar-refractivity contribution in [1.82, 2.24) is 29.9 Å². The first-order chi connectivity index (χ1) is 12.7. The lowest BCUT2D eigenvalue weighted by atomic mass is 10.1. The maximum Gasteiger partial charge on any atom is 0.258 e. The normalized spacial score (nSPS) is 12.1. The number of anilines is 1. The van der Waals surface area contributed by atoms with Gasteiger partial charge in [0, 0.05) is 17.8 Å². The van der Waals surface area contributed by atoms with Crippen LogP contribution < -0.4 is 5.32 Å². The third-order valence-electron chi connectivity index (χ3n) is 3.98. The molecule has 1 atom stereocenters. The van der Waals surface area contributed by atoms with E-state index in [9.17, 15) is 0 Å². The number of pyridine rings is 1. The lowest BCUT2D eigenvalue weighted by Crippen LogP contribution is -2.08. The SMILES string of the molecule is Cc1noc(-c2ccnc(NC(C)c3ccc(-n4cncn4)cc3)c2)n1. The van der Waals surface area contributed by atoms with Crippen LogP contribution in [0.25, 0.3) is 17.1 Å². The molecule has 3 heterocycles. The first-order valence-corrected chi connectivity index (χ1v) is 8.17. The second-order valence-electron chi connectivity index (χ2n) is 5.87. The van der Waals surface area contributed by atoms with Crippen molar-refractivity contribution in [1.29, 1.82) is 0 Å². The van der Waals surface area contributed by atoms with Crippen LogP contribution in [0.4, 0.5) is 5.82 Å². The average molecular weight is 347 g/mol. The molecule has 0 amide bonds. The summed E-state index contributed by atoms with van der Waals surface area (Å²) >= 11 is 0. The summed E-state index contributed by atoms with van der Waals surface area (Å²) in [5.74, 6) is 1.83. The number of nitrogens with zero attached hydrogens (tertiary/aromatic N) is 6. The fourth-order valence-corrected chi connectivity index (χ4v) is 2.62. The predicted molar refractivity (Wildman–Crippen MR) is 95.7 cm³/mol. The zero-order valence-corrected chi connectivity index (χ0v) is 14.4. The van der Waals surface area contributed by atoms with Crippen molar-refractivity contribution in [3.63, 3.8) is 0 Å². The highest BCUT2D eigenvalue weighted by molar-refractivity contribution is 5.58. The molecule has 0 saturated carbocycles. The largest absolute Gasteiger partial charge is 0.364 e. The van der Waals surface area contributed by atoms with Crippen LogP contribution in [-0.2, 0) is 0 Å². The molecule has 1 aromatic carbocycles. The van der Waals surface area contributed by atoms with E-state index < -0.39 is 0 Å². The molecule has 0 aliphatic heterocycles. The fourth-order valence-electron chi connectivity index (χ4n) is 2.62. The maximum atomic E-state index is 5.21. The molecule has 1 unspecified atom stereocenters. The van der Waals surface area contributed by atoms with Gasteiger partial charge < -0.3 is 9.84 Å². The number of aryl methyl sites for hydroxylation is 1. The van der Waals surface area contributed by atoms with Crippen LogP contribution in [-0.4, -0.2) is 29.9 Å². The molecule has 1 N–H and O–H groups in total. The minimum absolute atomic E-state index is 0.0759. The molecule has 0 aliphatic carbocycles. The molecule has 8 nitrogen and oxygen atoms in total. The molecule has 130 valence electrons. The van der Waals surface area contributed by atoms with Gasteiger partial charge in [-0.2, -0.15) is 10.1 Å². The molecule has 0 fully saturated rings. The zero-order chi connectivity index (χ0) is 17.9. The monoisotopic (exact) mass is 347 g/mol. The summed E-state index contributed by atoms with van der Waals surface area (Å²) in [6.07, 6.45) is 4.91. The Labute approximate surface area is 149 Å². The van der Waals surface area contributed by atoms with Gasteiger partial charge in [0.1, 0.15) is 18.5 Å². The summed E-state index contributed by atoms with van der Waals surface area (Å²) < 4.78 is 6.94. The van der Waals surface area contributed by atoms with Crippen molar-refractivity contribution < 1.29 is 4.52 Å². The standard InChI is InChI=1S/C18H17N7O/c1-12(14-3-5-16(6-4-14)25-11-19-10-21-25)22-17-9-15(7-8-20-17)18-23-13(2)24-26-18/h3-12H,1-2H3,(H,20,22). The van der Waals surface area contributed by atoms with Crippen LogP contribution in [0, 0.1) is 6.92 Å². The quantitative estimate of drug-likeness (QED) is 0.592. The Morgan fingerprint density at radius 1 is 1.15 bits per heavy atom. The van der Waals surface area contributed by atoms with Gasteiger partial charge in [-0.05, 0) is 43.7 Å². The summed E-state index contributed by atoms with van der Waals surface area (Å²) in [6.45, 7) is 3.87. The number of hydrogen-bond acceptors (Lipinski definition) is 7. The first kappa shape index (κ1) is 15.9. The van der Waals surface area contributed by atoms with Gasteiger partial charge in [-0.15, -0.1) is 0 Å². The highest BCUT2D eigenvalue weighted by Gasteiger charge is 2.10. The van der Waals surface area contributed by atoms with E-state index >= 15 is 0 Å². The van der Waals surface area contributed by atoms with Gasteiger partial charge >= 0.3 is 0 Å². The molecular weight excluding hydrogens is 330 g/mol. The van der Waals surface area contributed by atoms with Gasteiger partial charge in [0.15, 0.2) is 5.82 Å². The van der Waals surface area contributed by atoms with Gasteiger partial charge in [-0.1, -0.05) is 17.3 Å². The summed E-state index contributed by atoms with van der Waals surface area (Å²) in [5, 5.41) is 11.3. The van der Waals surface area contributed by atoms with Crippen molar-refractivity contribution in [3.8, 4) is 17.1 Å². The van der Waals surface area contributed by atoms with Crippen LogP contribution in [0.15, 0.2) is 59.8 Å². The topological polar surface area (TPSA) is 94.6 Å². The summed E-state index contributed by atoms with van der Waals surface area (Å²) in [4.78, 5) is 12.6. The van der Waals surface area contributed by atoms with E-state index in [1.807, 2.05) is 24.3 Å². The van der Waals surface area contributed by atoms with E-state index in [2.05, 4.69) is 49.6 Å². The van der Waals surface area contributed by atoms with Crippen LogP contribution in [0.1, 0.15) is 24.4 Å². The molecule has 0 aliphatic rings. The molecule has 0 bridgehead atoms. The Bertz CT molecular complexity index is 993. The van der Waals surface area contributed by atoms with Crippen molar-refractivity contribution in [3.05, 3.63) is 66.6 Å². The van der Waals surface area contributed by atoms with Crippen molar-refractivity contribution in [2.75, 3.05) is 5.32 Å². The molecule has 4 aromatic rings. The molecular formula is C18H17N7O. The van der Waals surface area contributed by atoms with Crippen LogP contribution in [0.5, 0.6) is 0 Å². The van der Waals surface area contributed by atoms with E-state index in [0.29, 0.717) is 11.7 Å². The Morgan fingerprint density at radius 3 is 2.69 bits per heavy atom. The Kier molecular flexibility index (Phi) is 4.14. The number of hydrogen-bond donors (Lipinski definition) is 1. The second-order valence-corrected chi connectivity index (χ2v) is 5.87. The van der Waals surface area contributed by atoms with E-state index in [1.54, 1.807) is 24.1 Å². The minimum atomic E-state index is 0.0759. The van der Waals surface area contributed by atoms with Crippen LogP contribution >= 0.6 is 0 Å². The number of nitrogens with one attached hydrogen (secondary N) is 1. The molecule has 8 heteroatoms. The van der Waals surface area contributed by atoms with Crippen molar-refractivity contribution in [2.45, 2.75) is 19.9 Å². The van der Waals surface area contributed by atoms with Gasteiger partial charge in [0.2, 0.25) is 0 Å². The highest BCUT2D eigenvalue weighted by Crippen LogP contribution is 2.23. The molecule has 4 rings (SSSR count). The maximum absolute atomic E-state index is 5.21. The minimum Gasteiger partial charge on any atom is -0.364 e. The van der Waals surface area contributed by atoms with Crippen LogP contribution in [0.3, 0.4) is 0 Å². The lowest BCUT2D eigenvalue weighted by Gasteiger charge is -2.15.